The minimum absolute atomic E-state index is 0.268. The zero-order valence-corrected chi connectivity index (χ0v) is 14.4. The minimum atomic E-state index is 0.268. The standard InChI is InChI=1S/C20H18N4O2/c1-13-21-19(23-15-6-7-17-18(10-15)26-12-25-17)11-20(22-13)24-9-8-14-4-2-3-5-16(14)24/h2-7,10-11H,8-9,12H2,1H3,(H,21,22,23). The van der Waals surface area contributed by atoms with E-state index in [-0.39, 0.29) is 6.79 Å². The van der Waals surface area contributed by atoms with Gasteiger partial charge >= 0.3 is 0 Å². The van der Waals surface area contributed by atoms with Gasteiger partial charge in [0.25, 0.3) is 0 Å². The van der Waals surface area contributed by atoms with E-state index in [1.807, 2.05) is 31.2 Å². The maximum absolute atomic E-state index is 5.44. The number of anilines is 4. The van der Waals surface area contributed by atoms with Crippen LogP contribution in [0.3, 0.4) is 0 Å². The number of rotatable bonds is 3. The van der Waals surface area contributed by atoms with Crippen LogP contribution in [0.2, 0.25) is 0 Å². The molecule has 3 heterocycles. The van der Waals surface area contributed by atoms with E-state index in [0.29, 0.717) is 0 Å². The Balaban J connectivity index is 1.46. The third kappa shape index (κ3) is 2.60. The molecule has 1 aromatic heterocycles. The maximum atomic E-state index is 5.44. The molecule has 5 rings (SSSR count). The number of aryl methyl sites for hydroxylation is 1. The molecule has 6 heteroatoms. The third-order valence-electron chi connectivity index (χ3n) is 4.63. The van der Waals surface area contributed by atoms with E-state index >= 15 is 0 Å². The molecule has 26 heavy (non-hydrogen) atoms. The number of nitrogens with one attached hydrogen (secondary N) is 1. The van der Waals surface area contributed by atoms with Gasteiger partial charge in [0.05, 0.1) is 0 Å². The normalized spacial score (nSPS) is 14.4. The first-order valence-electron chi connectivity index (χ1n) is 8.64. The van der Waals surface area contributed by atoms with Crippen molar-refractivity contribution in [1.82, 2.24) is 9.97 Å². The van der Waals surface area contributed by atoms with Gasteiger partial charge in [-0.1, -0.05) is 18.2 Å². The summed E-state index contributed by atoms with van der Waals surface area (Å²) in [7, 11) is 0. The average molecular weight is 346 g/mol. The van der Waals surface area contributed by atoms with E-state index in [9.17, 15) is 0 Å². The van der Waals surface area contributed by atoms with Gasteiger partial charge in [0.1, 0.15) is 17.5 Å². The lowest BCUT2D eigenvalue weighted by Gasteiger charge is -2.19. The fourth-order valence-corrected chi connectivity index (χ4v) is 3.45. The summed E-state index contributed by atoms with van der Waals surface area (Å²) in [6.07, 6.45) is 1.03. The summed E-state index contributed by atoms with van der Waals surface area (Å²) in [6, 6.07) is 16.2. The van der Waals surface area contributed by atoms with Crippen molar-refractivity contribution in [2.45, 2.75) is 13.3 Å². The molecule has 0 saturated heterocycles. The first kappa shape index (κ1) is 15.0. The van der Waals surface area contributed by atoms with Crippen LogP contribution in [0.1, 0.15) is 11.4 Å². The van der Waals surface area contributed by atoms with Gasteiger partial charge < -0.3 is 19.7 Å². The highest BCUT2D eigenvalue weighted by Gasteiger charge is 2.21. The molecule has 1 N–H and O–H groups in total. The lowest BCUT2D eigenvalue weighted by atomic mass is 10.2. The molecule has 0 fully saturated rings. The molecular formula is C20H18N4O2. The van der Waals surface area contributed by atoms with Crippen LogP contribution < -0.4 is 19.7 Å². The Morgan fingerprint density at radius 1 is 1.00 bits per heavy atom. The monoisotopic (exact) mass is 346 g/mol. The van der Waals surface area contributed by atoms with Crippen LogP contribution in [0, 0.1) is 6.92 Å². The van der Waals surface area contributed by atoms with Crippen LogP contribution in [-0.4, -0.2) is 23.3 Å². The van der Waals surface area contributed by atoms with Crippen LogP contribution in [0.15, 0.2) is 48.5 Å². The zero-order chi connectivity index (χ0) is 17.5. The van der Waals surface area contributed by atoms with Crippen molar-refractivity contribution < 1.29 is 9.47 Å². The highest BCUT2D eigenvalue weighted by molar-refractivity contribution is 5.70. The predicted octanol–water partition coefficient (Wildman–Crippen LogP) is 3.95. The molecular weight excluding hydrogens is 328 g/mol. The van der Waals surface area contributed by atoms with E-state index in [1.165, 1.54) is 11.3 Å². The number of fused-ring (bicyclic) bond motifs is 2. The molecule has 0 atom stereocenters. The van der Waals surface area contributed by atoms with Crippen molar-refractivity contribution in [3.63, 3.8) is 0 Å². The van der Waals surface area contributed by atoms with Gasteiger partial charge in [-0.2, -0.15) is 0 Å². The number of nitrogens with zero attached hydrogens (tertiary/aromatic N) is 3. The molecule has 6 nitrogen and oxygen atoms in total. The van der Waals surface area contributed by atoms with E-state index in [4.69, 9.17) is 9.47 Å². The highest BCUT2D eigenvalue weighted by atomic mass is 16.7. The molecule has 0 bridgehead atoms. The Hall–Kier alpha value is -3.28. The summed E-state index contributed by atoms with van der Waals surface area (Å²) in [4.78, 5) is 11.4. The van der Waals surface area contributed by atoms with Gasteiger partial charge in [-0.25, -0.2) is 9.97 Å². The molecule has 2 aliphatic heterocycles. The summed E-state index contributed by atoms with van der Waals surface area (Å²) in [5, 5.41) is 3.35. The van der Waals surface area contributed by atoms with Gasteiger partial charge in [-0.15, -0.1) is 0 Å². The van der Waals surface area contributed by atoms with Crippen LogP contribution in [0.5, 0.6) is 11.5 Å². The van der Waals surface area contributed by atoms with Crippen LogP contribution in [-0.2, 0) is 6.42 Å². The molecule has 130 valence electrons. The second-order valence-electron chi connectivity index (χ2n) is 6.38. The van der Waals surface area contributed by atoms with Crippen LogP contribution >= 0.6 is 0 Å². The number of aromatic nitrogens is 2. The van der Waals surface area contributed by atoms with Crippen LogP contribution in [0.4, 0.5) is 23.0 Å². The van der Waals surface area contributed by atoms with E-state index < -0.39 is 0 Å². The van der Waals surface area contributed by atoms with Crippen molar-refractivity contribution in [2.24, 2.45) is 0 Å². The van der Waals surface area contributed by atoms with Gasteiger partial charge in [0.2, 0.25) is 6.79 Å². The van der Waals surface area contributed by atoms with E-state index in [1.54, 1.807) is 0 Å². The quantitative estimate of drug-likeness (QED) is 0.775. The Labute approximate surface area is 151 Å². The van der Waals surface area contributed by atoms with Crippen molar-refractivity contribution >= 4 is 23.0 Å². The molecule has 2 aliphatic rings. The van der Waals surface area contributed by atoms with E-state index in [2.05, 4.69) is 44.5 Å². The molecule has 0 aliphatic carbocycles. The number of hydrogen-bond donors (Lipinski definition) is 1. The van der Waals surface area contributed by atoms with Crippen molar-refractivity contribution in [3.05, 3.63) is 59.9 Å². The van der Waals surface area contributed by atoms with Crippen molar-refractivity contribution in [1.29, 1.82) is 0 Å². The van der Waals surface area contributed by atoms with Gasteiger partial charge in [0.15, 0.2) is 11.5 Å². The molecule has 0 spiro atoms. The molecule has 2 aromatic carbocycles. The van der Waals surface area contributed by atoms with Crippen LogP contribution in [0.25, 0.3) is 0 Å². The first-order valence-corrected chi connectivity index (χ1v) is 8.64. The molecule has 0 amide bonds. The fourth-order valence-electron chi connectivity index (χ4n) is 3.45. The number of para-hydroxylation sites is 1. The van der Waals surface area contributed by atoms with Crippen molar-refractivity contribution in [2.75, 3.05) is 23.6 Å². The Morgan fingerprint density at radius 3 is 2.85 bits per heavy atom. The summed E-state index contributed by atoms with van der Waals surface area (Å²) in [5.41, 5.74) is 3.48. The smallest absolute Gasteiger partial charge is 0.231 e. The fraction of sp³-hybridized carbons (Fsp3) is 0.200. The molecule has 0 unspecified atom stereocenters. The minimum Gasteiger partial charge on any atom is -0.454 e. The van der Waals surface area contributed by atoms with E-state index in [0.717, 1.165) is 47.6 Å². The Bertz CT molecular complexity index is 989. The SMILES string of the molecule is Cc1nc(Nc2ccc3c(c2)OCO3)cc(N2CCc3ccccc32)n1. The summed E-state index contributed by atoms with van der Waals surface area (Å²) in [6.45, 7) is 3.11. The lowest BCUT2D eigenvalue weighted by molar-refractivity contribution is 0.174. The zero-order valence-electron chi connectivity index (χ0n) is 14.4. The third-order valence-corrected chi connectivity index (χ3v) is 4.63. The topological polar surface area (TPSA) is 59.5 Å². The predicted molar refractivity (Wildman–Crippen MR) is 99.8 cm³/mol. The summed E-state index contributed by atoms with van der Waals surface area (Å²) < 4.78 is 10.8. The van der Waals surface area contributed by atoms with Gasteiger partial charge in [-0.3, -0.25) is 0 Å². The second-order valence-corrected chi connectivity index (χ2v) is 6.38. The average Bonchev–Trinajstić information content (AvgIpc) is 3.27. The van der Waals surface area contributed by atoms with Crippen molar-refractivity contribution in [3.8, 4) is 11.5 Å². The lowest BCUT2D eigenvalue weighted by Crippen LogP contribution is -2.16. The number of ether oxygens (including phenoxy) is 2. The second kappa shape index (κ2) is 5.91. The number of hydrogen-bond acceptors (Lipinski definition) is 6. The first-order chi connectivity index (χ1) is 12.8. The van der Waals surface area contributed by atoms with Gasteiger partial charge in [-0.05, 0) is 37.1 Å². The van der Waals surface area contributed by atoms with Gasteiger partial charge in [0, 0.05) is 30.1 Å². The molecule has 3 aromatic rings. The number of benzene rings is 2. The largest absolute Gasteiger partial charge is 0.454 e. The Morgan fingerprint density at radius 2 is 1.88 bits per heavy atom. The summed E-state index contributed by atoms with van der Waals surface area (Å²) in [5.74, 6) is 3.91. The maximum Gasteiger partial charge on any atom is 0.231 e. The summed E-state index contributed by atoms with van der Waals surface area (Å²) >= 11 is 0. The molecule has 0 saturated carbocycles. The highest BCUT2D eigenvalue weighted by Crippen LogP contribution is 2.36. The molecule has 0 radical (unpaired) electrons. The Kier molecular flexibility index (Phi) is 3.41.